The number of nitro benzene ring substituents is 2. The molecule has 0 saturated heterocycles. The maximum absolute atomic E-state index is 12.0. The highest BCUT2D eigenvalue weighted by atomic mass is 16.6. The van der Waals surface area contributed by atoms with E-state index < -0.39 is 28.3 Å². The van der Waals surface area contributed by atoms with Crippen molar-refractivity contribution < 1.29 is 24.2 Å². The fourth-order valence-corrected chi connectivity index (χ4v) is 2.29. The highest BCUT2D eigenvalue weighted by Crippen LogP contribution is 2.27. The van der Waals surface area contributed by atoms with Crippen LogP contribution in [0, 0.1) is 34.1 Å². The van der Waals surface area contributed by atoms with Crippen molar-refractivity contribution in [1.29, 1.82) is 0 Å². The van der Waals surface area contributed by atoms with Crippen LogP contribution in [0.4, 0.5) is 17.1 Å². The third-order valence-electron chi connectivity index (χ3n) is 3.94. The molecule has 0 radical (unpaired) electrons. The number of ether oxygens (including phenoxy) is 1. The van der Waals surface area contributed by atoms with E-state index in [2.05, 4.69) is 5.32 Å². The van der Waals surface area contributed by atoms with E-state index in [4.69, 9.17) is 4.74 Å². The van der Waals surface area contributed by atoms with Crippen LogP contribution >= 0.6 is 0 Å². The predicted octanol–water partition coefficient (Wildman–Crippen LogP) is 3.31. The number of nitro groups is 2. The number of carbonyl (C=O) groups is 2. The van der Waals surface area contributed by atoms with Crippen LogP contribution < -0.4 is 5.32 Å². The lowest BCUT2D eigenvalue weighted by Crippen LogP contribution is -2.20. The number of benzene rings is 2. The van der Waals surface area contributed by atoms with Gasteiger partial charge < -0.3 is 10.1 Å². The first-order chi connectivity index (χ1) is 13.7. The molecule has 0 atom stereocenters. The van der Waals surface area contributed by atoms with Gasteiger partial charge >= 0.3 is 5.97 Å². The lowest BCUT2D eigenvalue weighted by Gasteiger charge is -2.09. The summed E-state index contributed by atoms with van der Waals surface area (Å²) in [7, 11) is 0. The Bertz CT molecular complexity index is 998. The Morgan fingerprint density at radius 3 is 2.24 bits per heavy atom. The summed E-state index contributed by atoms with van der Waals surface area (Å²) in [5.41, 5.74) is 1.67. The highest BCUT2D eigenvalue weighted by Gasteiger charge is 2.18. The summed E-state index contributed by atoms with van der Waals surface area (Å²) in [5, 5.41) is 24.1. The summed E-state index contributed by atoms with van der Waals surface area (Å²) in [4.78, 5) is 44.3. The predicted molar refractivity (Wildman–Crippen MR) is 104 cm³/mol. The fraction of sp³-hybridized carbons (Fsp3) is 0.158. The van der Waals surface area contributed by atoms with Crippen molar-refractivity contribution in [2.24, 2.45) is 0 Å². The molecule has 0 aliphatic carbocycles. The summed E-state index contributed by atoms with van der Waals surface area (Å²) in [5.74, 6) is -1.54. The van der Waals surface area contributed by atoms with E-state index in [0.29, 0.717) is 11.1 Å². The van der Waals surface area contributed by atoms with Crippen LogP contribution in [0.15, 0.2) is 42.5 Å². The molecular weight excluding hydrogens is 382 g/mol. The molecule has 0 heterocycles. The zero-order valence-electron chi connectivity index (χ0n) is 15.6. The lowest BCUT2D eigenvalue weighted by atomic mass is 10.1. The third-order valence-corrected chi connectivity index (χ3v) is 3.94. The molecule has 0 bridgehead atoms. The molecule has 0 aromatic heterocycles. The molecule has 1 N–H and O–H groups in total. The molecule has 0 aliphatic heterocycles. The smallest absolute Gasteiger partial charge is 0.331 e. The Kier molecular flexibility index (Phi) is 6.75. The first-order valence-electron chi connectivity index (χ1n) is 8.32. The highest BCUT2D eigenvalue weighted by molar-refractivity contribution is 5.96. The SMILES string of the molecule is Cc1cc(NC(=O)COC(=O)/C=C/c2ccc([N+](=O)[O-])cc2)c([N+](=O)[O-])cc1C. The summed E-state index contributed by atoms with van der Waals surface area (Å²) >= 11 is 0. The number of aryl methyl sites for hydroxylation is 2. The molecule has 10 nitrogen and oxygen atoms in total. The molecule has 0 aliphatic rings. The van der Waals surface area contributed by atoms with E-state index in [1.54, 1.807) is 13.8 Å². The zero-order valence-corrected chi connectivity index (χ0v) is 15.6. The van der Waals surface area contributed by atoms with Gasteiger partial charge in [0.05, 0.1) is 9.85 Å². The Hall–Kier alpha value is -4.08. The summed E-state index contributed by atoms with van der Waals surface area (Å²) in [6.45, 7) is 2.83. The minimum Gasteiger partial charge on any atom is -0.452 e. The van der Waals surface area contributed by atoms with Crippen molar-refractivity contribution in [2.75, 3.05) is 11.9 Å². The molecule has 0 fully saturated rings. The molecule has 1 amide bonds. The number of nitrogens with one attached hydrogen (secondary N) is 1. The van der Waals surface area contributed by atoms with Gasteiger partial charge in [-0.15, -0.1) is 0 Å². The van der Waals surface area contributed by atoms with Gasteiger partial charge in [0.2, 0.25) is 0 Å². The largest absolute Gasteiger partial charge is 0.452 e. The average Bonchev–Trinajstić information content (AvgIpc) is 2.67. The Morgan fingerprint density at radius 1 is 1.03 bits per heavy atom. The van der Waals surface area contributed by atoms with E-state index in [0.717, 1.165) is 11.6 Å². The quantitative estimate of drug-likeness (QED) is 0.326. The molecule has 10 heteroatoms. The van der Waals surface area contributed by atoms with Gasteiger partial charge in [-0.25, -0.2) is 4.79 Å². The molecule has 0 unspecified atom stereocenters. The monoisotopic (exact) mass is 399 g/mol. The van der Waals surface area contributed by atoms with Crippen molar-refractivity contribution in [3.63, 3.8) is 0 Å². The van der Waals surface area contributed by atoms with Crippen molar-refractivity contribution in [3.05, 3.63) is 79.4 Å². The molecule has 0 saturated carbocycles. The van der Waals surface area contributed by atoms with Crippen molar-refractivity contribution >= 4 is 35.0 Å². The van der Waals surface area contributed by atoms with Crippen molar-refractivity contribution in [2.45, 2.75) is 13.8 Å². The number of anilines is 1. The van der Waals surface area contributed by atoms with Crippen LogP contribution in [0.2, 0.25) is 0 Å². The normalized spacial score (nSPS) is 10.6. The van der Waals surface area contributed by atoms with E-state index >= 15 is 0 Å². The van der Waals surface area contributed by atoms with Gasteiger partial charge in [-0.1, -0.05) is 0 Å². The number of nitrogens with zero attached hydrogens (tertiary/aromatic N) is 2. The molecule has 2 aromatic rings. The van der Waals surface area contributed by atoms with E-state index in [1.807, 2.05) is 0 Å². The summed E-state index contributed by atoms with van der Waals surface area (Å²) < 4.78 is 4.80. The second-order valence-corrected chi connectivity index (χ2v) is 6.05. The summed E-state index contributed by atoms with van der Waals surface area (Å²) in [6, 6.07) is 8.30. The van der Waals surface area contributed by atoms with Gasteiger partial charge in [0.15, 0.2) is 6.61 Å². The lowest BCUT2D eigenvalue weighted by molar-refractivity contribution is -0.384. The van der Waals surface area contributed by atoms with E-state index in [1.165, 1.54) is 42.5 Å². The minimum absolute atomic E-state index is 0.0144. The first-order valence-corrected chi connectivity index (χ1v) is 8.32. The van der Waals surface area contributed by atoms with Crippen LogP contribution in [0.3, 0.4) is 0 Å². The second kappa shape index (κ2) is 9.22. The Balaban J connectivity index is 1.94. The summed E-state index contributed by atoms with van der Waals surface area (Å²) in [6.07, 6.45) is 2.44. The number of hydrogen-bond donors (Lipinski definition) is 1. The first kappa shape index (κ1) is 21.2. The van der Waals surface area contributed by atoms with Gasteiger partial charge in [0, 0.05) is 24.3 Å². The maximum atomic E-state index is 12.0. The standard InChI is InChI=1S/C19H17N3O7/c1-12-9-16(17(22(27)28)10-13(12)2)20-18(23)11-29-19(24)8-5-14-3-6-15(7-4-14)21(25)26/h3-10H,11H2,1-2H3,(H,20,23)/b8-5+. The van der Waals surface area contributed by atoms with Gasteiger partial charge in [-0.2, -0.15) is 0 Å². The van der Waals surface area contributed by atoms with E-state index in [-0.39, 0.29) is 17.1 Å². The van der Waals surface area contributed by atoms with Crippen molar-refractivity contribution in [1.82, 2.24) is 0 Å². The molecular formula is C19H17N3O7. The van der Waals surface area contributed by atoms with Crippen LogP contribution in [0.25, 0.3) is 6.08 Å². The zero-order chi connectivity index (χ0) is 21.6. The number of carbonyl (C=O) groups excluding carboxylic acids is 2. The van der Waals surface area contributed by atoms with Crippen LogP contribution in [0.1, 0.15) is 16.7 Å². The maximum Gasteiger partial charge on any atom is 0.331 e. The Morgan fingerprint density at radius 2 is 1.66 bits per heavy atom. The fourth-order valence-electron chi connectivity index (χ4n) is 2.29. The van der Waals surface area contributed by atoms with Crippen molar-refractivity contribution in [3.8, 4) is 0 Å². The van der Waals surface area contributed by atoms with E-state index in [9.17, 15) is 29.8 Å². The Labute approximate surface area is 165 Å². The number of amides is 1. The number of rotatable bonds is 7. The topological polar surface area (TPSA) is 142 Å². The van der Waals surface area contributed by atoms with Gasteiger partial charge in [-0.05, 0) is 54.8 Å². The van der Waals surface area contributed by atoms with Gasteiger partial charge in [0.25, 0.3) is 17.3 Å². The second-order valence-electron chi connectivity index (χ2n) is 6.05. The number of hydrogen-bond acceptors (Lipinski definition) is 7. The molecule has 29 heavy (non-hydrogen) atoms. The van der Waals surface area contributed by atoms with Crippen LogP contribution in [-0.4, -0.2) is 28.3 Å². The molecule has 150 valence electrons. The molecule has 2 rings (SSSR count). The van der Waals surface area contributed by atoms with Crippen LogP contribution in [0.5, 0.6) is 0 Å². The average molecular weight is 399 g/mol. The molecule has 2 aromatic carbocycles. The number of esters is 1. The van der Waals surface area contributed by atoms with Gasteiger partial charge in [-0.3, -0.25) is 25.0 Å². The van der Waals surface area contributed by atoms with Crippen LogP contribution in [-0.2, 0) is 14.3 Å². The number of non-ortho nitro benzene ring substituents is 1. The molecule has 0 spiro atoms. The van der Waals surface area contributed by atoms with Gasteiger partial charge in [0.1, 0.15) is 5.69 Å². The minimum atomic E-state index is -0.812. The third kappa shape index (κ3) is 5.96.